The van der Waals surface area contributed by atoms with E-state index in [0.29, 0.717) is 27.6 Å². The van der Waals surface area contributed by atoms with Gasteiger partial charge in [-0.15, -0.1) is 0 Å². The molecule has 0 saturated heterocycles. The third-order valence-electron chi connectivity index (χ3n) is 3.04. The Hall–Kier alpha value is -2.53. The van der Waals surface area contributed by atoms with Gasteiger partial charge in [-0.05, 0) is 42.8 Å². The molecule has 0 aliphatic carbocycles. The van der Waals surface area contributed by atoms with Gasteiger partial charge in [-0.2, -0.15) is 0 Å². The lowest BCUT2D eigenvalue weighted by molar-refractivity contribution is -0.118. The van der Waals surface area contributed by atoms with E-state index in [1.54, 1.807) is 49.4 Å². The van der Waals surface area contributed by atoms with E-state index in [-0.39, 0.29) is 12.5 Å². The van der Waals surface area contributed by atoms with Gasteiger partial charge in [-0.3, -0.25) is 9.59 Å². The van der Waals surface area contributed by atoms with Crippen LogP contribution in [0.5, 0.6) is 5.75 Å². The second-order valence-electron chi connectivity index (χ2n) is 4.64. The maximum absolute atomic E-state index is 11.9. The quantitative estimate of drug-likeness (QED) is 0.889. The average molecular weight is 319 g/mol. The molecule has 0 aliphatic rings. The van der Waals surface area contributed by atoms with Crippen LogP contribution in [0.1, 0.15) is 15.9 Å². The highest BCUT2D eigenvalue weighted by molar-refractivity contribution is 6.30. The van der Waals surface area contributed by atoms with Gasteiger partial charge in [0, 0.05) is 16.3 Å². The number of nitrogens with one attached hydrogen (secondary N) is 1. The monoisotopic (exact) mass is 318 g/mol. The van der Waals surface area contributed by atoms with Crippen LogP contribution in [-0.2, 0) is 4.79 Å². The molecule has 5 nitrogen and oxygen atoms in total. The Morgan fingerprint density at radius 1 is 1.23 bits per heavy atom. The number of carbonyl (C=O) groups is 2. The van der Waals surface area contributed by atoms with Gasteiger partial charge in [0.2, 0.25) is 5.91 Å². The summed E-state index contributed by atoms with van der Waals surface area (Å²) in [5.74, 6) is -0.376. The number of anilines is 1. The molecule has 0 fully saturated rings. The molecule has 0 unspecified atom stereocenters. The maximum Gasteiger partial charge on any atom is 0.262 e. The Morgan fingerprint density at radius 2 is 1.95 bits per heavy atom. The van der Waals surface area contributed by atoms with Crippen molar-refractivity contribution in [1.82, 2.24) is 0 Å². The van der Waals surface area contributed by atoms with Gasteiger partial charge in [-0.1, -0.05) is 23.7 Å². The number of amides is 2. The fourth-order valence-corrected chi connectivity index (χ4v) is 2.11. The smallest absolute Gasteiger partial charge is 0.262 e. The number of nitrogens with two attached hydrogens (primary N) is 1. The van der Waals surface area contributed by atoms with Crippen molar-refractivity contribution in [3.05, 3.63) is 58.6 Å². The van der Waals surface area contributed by atoms with E-state index in [0.717, 1.165) is 0 Å². The Morgan fingerprint density at radius 3 is 2.64 bits per heavy atom. The first-order valence-corrected chi connectivity index (χ1v) is 6.93. The van der Waals surface area contributed by atoms with Crippen LogP contribution in [0.3, 0.4) is 0 Å². The summed E-state index contributed by atoms with van der Waals surface area (Å²) in [5.41, 5.74) is 6.78. The van der Waals surface area contributed by atoms with E-state index in [4.69, 9.17) is 22.1 Å². The predicted molar refractivity (Wildman–Crippen MR) is 85.3 cm³/mol. The number of benzene rings is 2. The summed E-state index contributed by atoms with van der Waals surface area (Å²) in [7, 11) is 0. The zero-order chi connectivity index (χ0) is 16.1. The highest BCUT2D eigenvalue weighted by Crippen LogP contribution is 2.19. The molecule has 0 saturated carbocycles. The highest BCUT2D eigenvalue weighted by atomic mass is 35.5. The lowest BCUT2D eigenvalue weighted by Gasteiger charge is -2.11. The van der Waals surface area contributed by atoms with Crippen LogP contribution in [0, 0.1) is 6.92 Å². The Kier molecular flexibility index (Phi) is 5.01. The molecule has 114 valence electrons. The number of ether oxygens (including phenoxy) is 1. The second kappa shape index (κ2) is 6.95. The van der Waals surface area contributed by atoms with Crippen LogP contribution in [0.4, 0.5) is 5.69 Å². The largest absolute Gasteiger partial charge is 0.484 e. The minimum atomic E-state index is -0.538. The molecule has 0 heterocycles. The van der Waals surface area contributed by atoms with Crippen LogP contribution >= 0.6 is 11.6 Å². The lowest BCUT2D eigenvalue weighted by Crippen LogP contribution is -2.21. The minimum absolute atomic E-state index is 0.166. The summed E-state index contributed by atoms with van der Waals surface area (Å²) in [6.07, 6.45) is 0. The van der Waals surface area contributed by atoms with Crippen molar-refractivity contribution in [2.45, 2.75) is 6.92 Å². The van der Waals surface area contributed by atoms with Crippen molar-refractivity contribution in [2.24, 2.45) is 5.73 Å². The molecule has 3 N–H and O–H groups in total. The molecule has 2 aromatic rings. The van der Waals surface area contributed by atoms with Crippen LogP contribution in [0.25, 0.3) is 0 Å². The zero-order valence-electron chi connectivity index (χ0n) is 11.9. The molecule has 22 heavy (non-hydrogen) atoms. The third kappa shape index (κ3) is 3.99. The van der Waals surface area contributed by atoms with Crippen molar-refractivity contribution < 1.29 is 14.3 Å². The number of rotatable bonds is 5. The molecule has 0 spiro atoms. The first kappa shape index (κ1) is 15.9. The summed E-state index contributed by atoms with van der Waals surface area (Å²) >= 11 is 5.83. The normalized spacial score (nSPS) is 10.1. The van der Waals surface area contributed by atoms with Crippen LogP contribution in [0.15, 0.2) is 42.5 Å². The first-order valence-electron chi connectivity index (χ1n) is 6.55. The fraction of sp³-hybridized carbons (Fsp3) is 0.125. The molecule has 2 amide bonds. The fourth-order valence-electron chi connectivity index (χ4n) is 1.93. The summed E-state index contributed by atoms with van der Waals surface area (Å²) in [6.45, 7) is 1.55. The summed E-state index contributed by atoms with van der Waals surface area (Å²) in [4.78, 5) is 23.2. The molecule has 0 radical (unpaired) electrons. The number of carbonyl (C=O) groups excluding carboxylic acids is 2. The Bertz CT molecular complexity index is 716. The van der Waals surface area contributed by atoms with Gasteiger partial charge in [-0.25, -0.2) is 0 Å². The number of hydrogen-bond donors (Lipinski definition) is 2. The van der Waals surface area contributed by atoms with Gasteiger partial charge >= 0.3 is 0 Å². The molecule has 6 heteroatoms. The summed E-state index contributed by atoms with van der Waals surface area (Å²) in [5, 5.41) is 3.22. The zero-order valence-corrected chi connectivity index (χ0v) is 12.7. The van der Waals surface area contributed by atoms with E-state index in [1.807, 2.05) is 0 Å². The molecule has 0 aliphatic heterocycles. The maximum atomic E-state index is 11.9. The number of hydrogen-bond acceptors (Lipinski definition) is 3. The van der Waals surface area contributed by atoms with Crippen molar-refractivity contribution >= 4 is 29.1 Å². The highest BCUT2D eigenvalue weighted by Gasteiger charge is 2.11. The molecule has 0 aromatic heterocycles. The Balaban J connectivity index is 2.01. The van der Waals surface area contributed by atoms with Gasteiger partial charge in [0.05, 0.1) is 0 Å². The van der Waals surface area contributed by atoms with Crippen molar-refractivity contribution in [2.75, 3.05) is 11.9 Å². The second-order valence-corrected chi connectivity index (χ2v) is 5.07. The average Bonchev–Trinajstić information content (AvgIpc) is 2.47. The standard InChI is InChI=1S/C16H15ClN2O3/c1-10-13(16(18)21)6-3-7-14(10)19-15(20)9-22-12-5-2-4-11(17)8-12/h2-8H,9H2,1H3,(H2,18,21)(H,19,20). The minimum Gasteiger partial charge on any atom is -0.484 e. The lowest BCUT2D eigenvalue weighted by atomic mass is 10.1. The van der Waals surface area contributed by atoms with Gasteiger partial charge < -0.3 is 15.8 Å². The molecule has 0 atom stereocenters. The molecule has 2 aromatic carbocycles. The van der Waals surface area contributed by atoms with Crippen molar-refractivity contribution in [3.63, 3.8) is 0 Å². The first-order chi connectivity index (χ1) is 10.5. The van der Waals surface area contributed by atoms with Crippen LogP contribution in [0.2, 0.25) is 5.02 Å². The van der Waals surface area contributed by atoms with Crippen molar-refractivity contribution in [1.29, 1.82) is 0 Å². The summed E-state index contributed by atoms with van der Waals surface area (Å²) in [6, 6.07) is 11.7. The predicted octanol–water partition coefficient (Wildman–Crippen LogP) is 2.76. The van der Waals surface area contributed by atoms with Crippen LogP contribution < -0.4 is 15.8 Å². The van der Waals surface area contributed by atoms with E-state index in [2.05, 4.69) is 5.32 Å². The van der Waals surface area contributed by atoms with Crippen molar-refractivity contribution in [3.8, 4) is 5.75 Å². The van der Waals surface area contributed by atoms with Gasteiger partial charge in [0.25, 0.3) is 5.91 Å². The van der Waals surface area contributed by atoms with E-state index in [9.17, 15) is 9.59 Å². The Labute approximate surface area is 133 Å². The van der Waals surface area contributed by atoms with Crippen LogP contribution in [-0.4, -0.2) is 18.4 Å². The molecule has 0 bridgehead atoms. The third-order valence-corrected chi connectivity index (χ3v) is 3.27. The van der Waals surface area contributed by atoms with E-state index < -0.39 is 5.91 Å². The SMILES string of the molecule is Cc1c(NC(=O)COc2cccc(Cl)c2)cccc1C(N)=O. The molecular formula is C16H15ClN2O3. The number of halogens is 1. The molecular weight excluding hydrogens is 304 g/mol. The van der Waals surface area contributed by atoms with Gasteiger partial charge in [0.1, 0.15) is 5.75 Å². The van der Waals surface area contributed by atoms with Gasteiger partial charge in [0.15, 0.2) is 6.61 Å². The van der Waals surface area contributed by atoms with E-state index in [1.165, 1.54) is 0 Å². The summed E-state index contributed by atoms with van der Waals surface area (Å²) < 4.78 is 5.35. The molecule has 2 rings (SSSR count). The topological polar surface area (TPSA) is 81.4 Å². The number of primary amides is 1. The van der Waals surface area contributed by atoms with E-state index >= 15 is 0 Å².